The molecule has 0 bridgehead atoms. The number of nitrogens with one attached hydrogen (secondary N) is 1. The van der Waals surface area contributed by atoms with Crippen molar-refractivity contribution in [2.45, 2.75) is 18.9 Å². The summed E-state index contributed by atoms with van der Waals surface area (Å²) in [6.07, 6.45) is 3.07. The first-order valence-electron chi connectivity index (χ1n) is 7.64. The molecule has 1 aromatic carbocycles. The van der Waals surface area contributed by atoms with Gasteiger partial charge in [0, 0.05) is 24.4 Å². The second-order valence-corrected chi connectivity index (χ2v) is 6.52. The highest BCUT2D eigenvalue weighted by molar-refractivity contribution is 6.39. The first-order chi connectivity index (χ1) is 12.4. The number of nitrogens with zero attached hydrogens (tertiary/aromatic N) is 1. The predicted octanol–water partition coefficient (Wildman–Crippen LogP) is 4.49. The van der Waals surface area contributed by atoms with Crippen LogP contribution in [0.4, 0.5) is 14.5 Å². The van der Waals surface area contributed by atoms with Gasteiger partial charge in [0.25, 0.3) is 5.91 Å². The van der Waals surface area contributed by atoms with E-state index in [4.69, 9.17) is 27.9 Å². The predicted molar refractivity (Wildman–Crippen MR) is 93.0 cm³/mol. The first-order valence-corrected chi connectivity index (χ1v) is 8.39. The molecule has 1 saturated heterocycles. The van der Waals surface area contributed by atoms with Crippen molar-refractivity contribution in [3.8, 4) is 5.75 Å². The van der Waals surface area contributed by atoms with Gasteiger partial charge in [0.15, 0.2) is 0 Å². The maximum absolute atomic E-state index is 13.8. The van der Waals surface area contributed by atoms with Crippen LogP contribution in [0.1, 0.15) is 16.8 Å². The van der Waals surface area contributed by atoms with Gasteiger partial charge in [-0.1, -0.05) is 23.2 Å². The molecule has 2 heterocycles. The molecule has 138 valence electrons. The zero-order valence-corrected chi connectivity index (χ0v) is 15.0. The van der Waals surface area contributed by atoms with Crippen LogP contribution in [0.25, 0.3) is 0 Å². The number of carbonyl (C=O) groups is 1. The molecular formula is C17H14Cl2F2N2O3. The lowest BCUT2D eigenvalue weighted by Crippen LogP contribution is -2.23. The van der Waals surface area contributed by atoms with Crippen molar-refractivity contribution in [1.29, 1.82) is 0 Å². The van der Waals surface area contributed by atoms with Crippen LogP contribution < -0.4 is 10.1 Å². The topological polar surface area (TPSA) is 60.5 Å². The van der Waals surface area contributed by atoms with Crippen LogP contribution in [-0.4, -0.2) is 30.5 Å². The molecule has 2 aromatic rings. The van der Waals surface area contributed by atoms with Gasteiger partial charge in [0.2, 0.25) is 6.36 Å². The molecule has 1 amide bonds. The highest BCUT2D eigenvalue weighted by Crippen LogP contribution is 2.49. The molecular weight excluding hydrogens is 389 g/mol. The number of aromatic nitrogens is 1. The Kier molecular flexibility index (Phi) is 5.60. The lowest BCUT2D eigenvalue weighted by Gasteiger charge is -2.15. The fourth-order valence-corrected chi connectivity index (χ4v) is 2.78. The molecule has 9 heteroatoms. The normalized spacial score (nSPS) is 22.3. The van der Waals surface area contributed by atoms with Gasteiger partial charge in [0.05, 0.1) is 34.5 Å². The van der Waals surface area contributed by atoms with Crippen LogP contribution in [0.3, 0.4) is 0 Å². The summed E-state index contributed by atoms with van der Waals surface area (Å²) in [4.78, 5) is 15.8. The number of hydrogen-bond acceptors (Lipinski definition) is 4. The second-order valence-electron chi connectivity index (χ2n) is 5.70. The number of benzene rings is 1. The molecule has 3 atom stereocenters. The molecule has 3 unspecified atom stereocenters. The quantitative estimate of drug-likeness (QED) is 0.821. The van der Waals surface area contributed by atoms with Crippen LogP contribution in [0.2, 0.25) is 10.0 Å². The summed E-state index contributed by atoms with van der Waals surface area (Å²) < 4.78 is 34.9. The summed E-state index contributed by atoms with van der Waals surface area (Å²) in [7, 11) is 1.41. The third-order valence-corrected chi connectivity index (χ3v) is 4.51. The van der Waals surface area contributed by atoms with Gasteiger partial charge in [-0.05, 0) is 18.6 Å². The molecule has 1 N–H and O–H groups in total. The average molecular weight is 403 g/mol. The maximum atomic E-state index is 13.8. The Morgan fingerprint density at radius 2 is 2.04 bits per heavy atom. The van der Waals surface area contributed by atoms with E-state index in [-0.39, 0.29) is 21.3 Å². The number of carbonyl (C=O) groups excluding carboxylic acids is 1. The third-order valence-electron chi connectivity index (χ3n) is 3.93. The van der Waals surface area contributed by atoms with E-state index in [9.17, 15) is 13.6 Å². The molecule has 5 nitrogen and oxygen atoms in total. The number of alkyl halides is 1. The number of methoxy groups -OCH3 is 1. The lowest BCUT2D eigenvalue weighted by atomic mass is 10.2. The number of pyridine rings is 1. The van der Waals surface area contributed by atoms with E-state index >= 15 is 0 Å². The highest BCUT2D eigenvalue weighted by atomic mass is 35.5. The van der Waals surface area contributed by atoms with E-state index in [1.165, 1.54) is 31.6 Å². The van der Waals surface area contributed by atoms with Gasteiger partial charge in [-0.3, -0.25) is 9.78 Å². The summed E-state index contributed by atoms with van der Waals surface area (Å²) in [5.41, 5.74) is 0.0401. The summed E-state index contributed by atoms with van der Waals surface area (Å²) in [6.45, 7) is 0. The van der Waals surface area contributed by atoms with Crippen LogP contribution in [0, 0.1) is 11.7 Å². The standard InChI is InChI=1S/C13H9Cl2FN2O2.C4H5FO/c1-20-7-2-3-8(11(16)4-7)13(19)18-12-9(14)5-17-6-10(12)15;5-4-2-1-3(2)6-4/h2-6H,1H3,(H,17,18,19);2-4H,1H2. The zero-order valence-electron chi connectivity index (χ0n) is 13.5. The van der Waals surface area contributed by atoms with E-state index in [0.29, 0.717) is 17.8 Å². The molecule has 26 heavy (non-hydrogen) atoms. The van der Waals surface area contributed by atoms with Gasteiger partial charge < -0.3 is 14.8 Å². The molecule has 2 aliphatic rings. The Morgan fingerprint density at radius 3 is 2.46 bits per heavy atom. The van der Waals surface area contributed by atoms with E-state index in [1.54, 1.807) is 0 Å². The highest BCUT2D eigenvalue weighted by Gasteiger charge is 2.56. The monoisotopic (exact) mass is 402 g/mol. The average Bonchev–Trinajstić information content (AvgIpc) is 3.29. The van der Waals surface area contributed by atoms with Crippen molar-refractivity contribution < 1.29 is 23.0 Å². The second kappa shape index (κ2) is 7.73. The lowest BCUT2D eigenvalue weighted by molar-refractivity contribution is -0.141. The summed E-state index contributed by atoms with van der Waals surface area (Å²) >= 11 is 11.7. The smallest absolute Gasteiger partial charge is 0.258 e. The Balaban J connectivity index is 0.000000269. The van der Waals surface area contributed by atoms with Gasteiger partial charge in [-0.15, -0.1) is 0 Å². The van der Waals surface area contributed by atoms with E-state index in [1.807, 2.05) is 0 Å². The number of rotatable bonds is 3. The van der Waals surface area contributed by atoms with Gasteiger partial charge >= 0.3 is 0 Å². The summed E-state index contributed by atoms with van der Waals surface area (Å²) in [5.74, 6) is -0.743. The number of anilines is 1. The van der Waals surface area contributed by atoms with Crippen molar-refractivity contribution in [2.24, 2.45) is 5.92 Å². The minimum Gasteiger partial charge on any atom is -0.497 e. The maximum Gasteiger partial charge on any atom is 0.258 e. The van der Waals surface area contributed by atoms with Crippen molar-refractivity contribution in [3.63, 3.8) is 0 Å². The van der Waals surface area contributed by atoms with Crippen molar-refractivity contribution in [1.82, 2.24) is 4.98 Å². The van der Waals surface area contributed by atoms with Crippen LogP contribution >= 0.6 is 23.2 Å². The summed E-state index contributed by atoms with van der Waals surface area (Å²) in [5, 5.41) is 2.78. The number of hydrogen-bond donors (Lipinski definition) is 1. The fourth-order valence-electron chi connectivity index (χ4n) is 2.32. The zero-order chi connectivity index (χ0) is 18.8. The minimum atomic E-state index is -0.894. The first kappa shape index (κ1) is 18.8. The Morgan fingerprint density at radius 1 is 1.35 bits per heavy atom. The molecule has 0 radical (unpaired) electrons. The number of amides is 1. The largest absolute Gasteiger partial charge is 0.497 e. The van der Waals surface area contributed by atoms with E-state index < -0.39 is 18.1 Å². The SMILES string of the molecule is COc1ccc(C(=O)Nc2c(Cl)cncc2Cl)c(F)c1.FC1OC2CC12. The van der Waals surface area contributed by atoms with Gasteiger partial charge in [-0.25, -0.2) is 8.78 Å². The number of ether oxygens (including phenoxy) is 2. The van der Waals surface area contributed by atoms with Gasteiger partial charge in [0.1, 0.15) is 11.6 Å². The molecule has 1 aliphatic carbocycles. The van der Waals surface area contributed by atoms with Crippen molar-refractivity contribution >= 4 is 34.8 Å². The van der Waals surface area contributed by atoms with Crippen LogP contribution in [-0.2, 0) is 4.74 Å². The van der Waals surface area contributed by atoms with E-state index in [0.717, 1.165) is 12.5 Å². The van der Waals surface area contributed by atoms with Crippen LogP contribution in [0.15, 0.2) is 30.6 Å². The van der Waals surface area contributed by atoms with E-state index in [2.05, 4.69) is 15.0 Å². The van der Waals surface area contributed by atoms with Crippen LogP contribution in [0.5, 0.6) is 5.75 Å². The number of halogens is 4. The van der Waals surface area contributed by atoms with Crippen molar-refractivity contribution in [2.75, 3.05) is 12.4 Å². The Hall–Kier alpha value is -1.96. The number of fused-ring (bicyclic) bond motifs is 1. The third kappa shape index (κ3) is 4.06. The fraction of sp³-hybridized carbons (Fsp3) is 0.294. The molecule has 4 rings (SSSR count). The molecule has 0 spiro atoms. The van der Waals surface area contributed by atoms with Gasteiger partial charge in [-0.2, -0.15) is 0 Å². The Labute approximate surface area is 158 Å². The molecule has 2 fully saturated rings. The molecule has 1 aliphatic heterocycles. The Bertz CT molecular complexity index is 817. The molecule has 1 saturated carbocycles. The summed E-state index contributed by atoms with van der Waals surface area (Å²) in [6, 6.07) is 3.91. The minimum absolute atomic E-state index is 0.144. The van der Waals surface area contributed by atoms with Crippen molar-refractivity contribution in [3.05, 3.63) is 52.0 Å². The molecule has 1 aromatic heterocycles.